The fraction of sp³-hybridized carbons (Fsp3) is 0.333. The molecule has 0 saturated heterocycles. The predicted octanol–water partition coefficient (Wildman–Crippen LogP) is 3.88. The van der Waals surface area contributed by atoms with Crippen molar-refractivity contribution in [1.82, 2.24) is 4.57 Å². The van der Waals surface area contributed by atoms with Crippen molar-refractivity contribution in [3.63, 3.8) is 0 Å². The predicted molar refractivity (Wildman–Crippen MR) is 78.1 cm³/mol. The van der Waals surface area contributed by atoms with E-state index in [0.717, 1.165) is 12.8 Å². The molecule has 0 radical (unpaired) electrons. The molecule has 1 unspecified atom stereocenters. The van der Waals surface area contributed by atoms with Crippen molar-refractivity contribution in [2.75, 3.05) is 0 Å². The molecule has 2 N–H and O–H groups in total. The highest BCUT2D eigenvalue weighted by atomic mass is 79.9. The van der Waals surface area contributed by atoms with Crippen LogP contribution >= 0.6 is 15.9 Å². The number of nitrogens with two attached hydrogens (primary N) is 1. The molecule has 1 heterocycles. The Hall–Kier alpha value is -1.06. The Morgan fingerprint density at radius 2 is 2.17 bits per heavy atom. The maximum absolute atomic E-state index is 6.18. The van der Waals surface area contributed by atoms with E-state index in [9.17, 15) is 0 Å². The highest BCUT2D eigenvalue weighted by molar-refractivity contribution is 9.10. The van der Waals surface area contributed by atoms with Gasteiger partial charge in [0.25, 0.3) is 0 Å². The number of hydrogen-bond acceptors (Lipinski definition) is 1. The third-order valence-corrected chi connectivity index (χ3v) is 4.82. The summed E-state index contributed by atoms with van der Waals surface area (Å²) in [6.07, 6.45) is 5.55. The Morgan fingerprint density at radius 1 is 1.33 bits per heavy atom. The number of halogens is 1. The summed E-state index contributed by atoms with van der Waals surface area (Å²) in [5.41, 5.74) is 11.3. The van der Waals surface area contributed by atoms with Gasteiger partial charge in [0.2, 0.25) is 0 Å². The monoisotopic (exact) mass is 304 g/mol. The summed E-state index contributed by atoms with van der Waals surface area (Å²) in [5.74, 6) is 0. The van der Waals surface area contributed by atoms with E-state index in [1.165, 1.54) is 33.4 Å². The topological polar surface area (TPSA) is 30.9 Å². The van der Waals surface area contributed by atoms with Crippen LogP contribution in [0.1, 0.15) is 35.7 Å². The van der Waals surface area contributed by atoms with E-state index in [1.54, 1.807) is 0 Å². The minimum Gasteiger partial charge on any atom is -0.324 e. The van der Waals surface area contributed by atoms with Crippen molar-refractivity contribution in [2.45, 2.75) is 32.2 Å². The molecule has 1 aromatic heterocycles. The number of nitrogens with zero attached hydrogens (tertiary/aromatic N) is 1. The van der Waals surface area contributed by atoms with E-state index in [2.05, 4.69) is 57.9 Å². The van der Waals surface area contributed by atoms with Gasteiger partial charge in [0.1, 0.15) is 0 Å². The second-order valence-electron chi connectivity index (χ2n) is 4.99. The van der Waals surface area contributed by atoms with Gasteiger partial charge in [-0.3, -0.25) is 0 Å². The normalized spacial score (nSPS) is 18.7. The first kappa shape index (κ1) is 12.0. The molecule has 3 rings (SSSR count). The van der Waals surface area contributed by atoms with E-state index in [-0.39, 0.29) is 6.04 Å². The lowest BCUT2D eigenvalue weighted by Crippen LogP contribution is -2.17. The summed E-state index contributed by atoms with van der Waals surface area (Å²) in [4.78, 5) is 0. The van der Waals surface area contributed by atoms with Crippen LogP contribution in [0.5, 0.6) is 0 Å². The lowest BCUT2D eigenvalue weighted by Gasteiger charge is -2.21. The van der Waals surface area contributed by atoms with Crippen LogP contribution in [0.25, 0.3) is 5.69 Å². The van der Waals surface area contributed by atoms with Crippen LogP contribution in [0.4, 0.5) is 0 Å². The SMILES string of the molecule is Cc1cccc(-n2ccc3c2CCCC3N)c1Br. The molecule has 0 spiro atoms. The number of aromatic nitrogens is 1. The molecule has 2 nitrogen and oxygen atoms in total. The molecule has 1 aromatic carbocycles. The summed E-state index contributed by atoms with van der Waals surface area (Å²) in [5, 5.41) is 0. The Balaban J connectivity index is 2.16. The lowest BCUT2D eigenvalue weighted by atomic mass is 9.93. The van der Waals surface area contributed by atoms with Crippen molar-refractivity contribution < 1.29 is 0 Å². The van der Waals surface area contributed by atoms with Crippen LogP contribution < -0.4 is 5.73 Å². The first-order valence-corrected chi connectivity index (χ1v) is 7.19. The highest BCUT2D eigenvalue weighted by Gasteiger charge is 2.21. The number of rotatable bonds is 1. The van der Waals surface area contributed by atoms with E-state index < -0.39 is 0 Å². The molecule has 94 valence electrons. The molecule has 3 heteroatoms. The van der Waals surface area contributed by atoms with Gasteiger partial charge in [0.15, 0.2) is 0 Å². The average Bonchev–Trinajstić information content (AvgIpc) is 2.78. The fourth-order valence-electron chi connectivity index (χ4n) is 2.77. The second-order valence-corrected chi connectivity index (χ2v) is 5.79. The molecule has 1 atom stereocenters. The van der Waals surface area contributed by atoms with Gasteiger partial charge in [0, 0.05) is 22.4 Å². The van der Waals surface area contributed by atoms with Crippen LogP contribution in [-0.2, 0) is 6.42 Å². The van der Waals surface area contributed by atoms with E-state index in [0.29, 0.717) is 0 Å². The van der Waals surface area contributed by atoms with Crippen LogP contribution in [0.3, 0.4) is 0 Å². The molecule has 0 saturated carbocycles. The van der Waals surface area contributed by atoms with E-state index >= 15 is 0 Å². The third-order valence-electron chi connectivity index (χ3n) is 3.79. The average molecular weight is 305 g/mol. The summed E-state index contributed by atoms with van der Waals surface area (Å²) in [6, 6.07) is 8.75. The minimum atomic E-state index is 0.207. The van der Waals surface area contributed by atoms with Gasteiger partial charge in [-0.05, 0) is 65.4 Å². The van der Waals surface area contributed by atoms with Crippen LogP contribution in [0.15, 0.2) is 34.9 Å². The molecule has 1 aliphatic carbocycles. The molecule has 2 aromatic rings. The summed E-state index contributed by atoms with van der Waals surface area (Å²) in [6.45, 7) is 2.12. The van der Waals surface area contributed by atoms with Gasteiger partial charge in [-0.1, -0.05) is 12.1 Å². The maximum atomic E-state index is 6.18. The van der Waals surface area contributed by atoms with E-state index in [4.69, 9.17) is 5.73 Å². The van der Waals surface area contributed by atoms with Crippen LogP contribution in [0.2, 0.25) is 0 Å². The molecular weight excluding hydrogens is 288 g/mol. The Labute approximate surface area is 116 Å². The van der Waals surface area contributed by atoms with Crippen LogP contribution in [-0.4, -0.2) is 4.57 Å². The lowest BCUT2D eigenvalue weighted by molar-refractivity contribution is 0.560. The Kier molecular flexibility index (Phi) is 3.04. The van der Waals surface area contributed by atoms with E-state index in [1.807, 2.05) is 0 Å². The van der Waals surface area contributed by atoms with Gasteiger partial charge < -0.3 is 10.3 Å². The molecule has 0 bridgehead atoms. The second kappa shape index (κ2) is 4.56. The zero-order valence-electron chi connectivity index (χ0n) is 10.5. The zero-order chi connectivity index (χ0) is 12.7. The fourth-order valence-corrected chi connectivity index (χ4v) is 3.23. The summed E-state index contributed by atoms with van der Waals surface area (Å²) < 4.78 is 3.45. The Morgan fingerprint density at radius 3 is 3.00 bits per heavy atom. The smallest absolute Gasteiger partial charge is 0.0597 e. The molecular formula is C15H17BrN2. The summed E-state index contributed by atoms with van der Waals surface area (Å²) in [7, 11) is 0. The number of fused-ring (bicyclic) bond motifs is 1. The first-order chi connectivity index (χ1) is 8.68. The van der Waals surface area contributed by atoms with Gasteiger partial charge >= 0.3 is 0 Å². The number of benzene rings is 1. The first-order valence-electron chi connectivity index (χ1n) is 6.39. The highest BCUT2D eigenvalue weighted by Crippen LogP contribution is 2.33. The maximum Gasteiger partial charge on any atom is 0.0597 e. The minimum absolute atomic E-state index is 0.207. The molecule has 0 aliphatic heterocycles. The molecule has 0 amide bonds. The zero-order valence-corrected chi connectivity index (χ0v) is 12.1. The van der Waals surface area contributed by atoms with Gasteiger partial charge in [-0.15, -0.1) is 0 Å². The van der Waals surface area contributed by atoms with Gasteiger partial charge in [0.05, 0.1) is 5.69 Å². The number of hydrogen-bond donors (Lipinski definition) is 1. The van der Waals surface area contributed by atoms with Crippen molar-refractivity contribution in [3.8, 4) is 5.69 Å². The standard InChI is InChI=1S/C15H17BrN2/c1-10-4-2-7-14(15(10)16)18-9-8-11-12(17)5-3-6-13(11)18/h2,4,7-9,12H,3,5-6,17H2,1H3. The van der Waals surface area contributed by atoms with Crippen LogP contribution in [0, 0.1) is 6.92 Å². The molecule has 0 fully saturated rings. The largest absolute Gasteiger partial charge is 0.324 e. The summed E-state index contributed by atoms with van der Waals surface area (Å²) >= 11 is 3.69. The molecule has 1 aliphatic rings. The quantitative estimate of drug-likeness (QED) is 0.851. The third kappa shape index (κ3) is 1.82. The van der Waals surface area contributed by atoms with Crippen molar-refractivity contribution in [3.05, 3.63) is 51.8 Å². The molecule has 18 heavy (non-hydrogen) atoms. The van der Waals surface area contributed by atoms with Crippen molar-refractivity contribution in [1.29, 1.82) is 0 Å². The van der Waals surface area contributed by atoms with Crippen molar-refractivity contribution in [2.24, 2.45) is 5.73 Å². The van der Waals surface area contributed by atoms with Crippen molar-refractivity contribution >= 4 is 15.9 Å². The Bertz CT molecular complexity index is 586. The number of aryl methyl sites for hydroxylation is 1. The van der Waals surface area contributed by atoms with Gasteiger partial charge in [-0.2, -0.15) is 0 Å². The van der Waals surface area contributed by atoms with Gasteiger partial charge in [-0.25, -0.2) is 0 Å².